The second-order valence-electron chi connectivity index (χ2n) is 6.16. The van der Waals surface area contributed by atoms with Crippen LogP contribution in [0.1, 0.15) is 11.3 Å². The Hall–Kier alpha value is -2.76. The normalized spacial score (nSPS) is 14.4. The summed E-state index contributed by atoms with van der Waals surface area (Å²) in [6, 6.07) is 11.4. The van der Waals surface area contributed by atoms with Crippen molar-refractivity contribution in [3.8, 4) is 5.75 Å². The second-order valence-corrected chi connectivity index (χ2v) is 6.16. The number of hydrogen-bond donors (Lipinski definition) is 1. The highest BCUT2D eigenvalue weighted by atomic mass is 16.5. The zero-order valence-electron chi connectivity index (χ0n) is 14.4. The highest BCUT2D eigenvalue weighted by Gasteiger charge is 2.24. The van der Waals surface area contributed by atoms with Crippen molar-refractivity contribution in [1.29, 1.82) is 0 Å². The van der Waals surface area contributed by atoms with Gasteiger partial charge in [0.05, 0.1) is 20.0 Å². The van der Waals surface area contributed by atoms with E-state index in [1.54, 1.807) is 7.11 Å². The van der Waals surface area contributed by atoms with Crippen molar-refractivity contribution in [2.75, 3.05) is 33.3 Å². The predicted molar refractivity (Wildman–Crippen MR) is 94.4 cm³/mol. The topological polar surface area (TPSA) is 65.6 Å². The third kappa shape index (κ3) is 4.41. The largest absolute Gasteiger partial charge is 0.497 e. The summed E-state index contributed by atoms with van der Waals surface area (Å²) in [6.45, 7) is 2.34. The molecule has 0 aliphatic carbocycles. The molecule has 6 nitrogen and oxygen atoms in total. The summed E-state index contributed by atoms with van der Waals surface area (Å²) in [5.41, 5.74) is 1.86. The van der Waals surface area contributed by atoms with Crippen LogP contribution in [-0.4, -0.2) is 59.9 Å². The first-order valence-corrected chi connectivity index (χ1v) is 8.46. The highest BCUT2D eigenvalue weighted by Crippen LogP contribution is 2.14. The smallest absolute Gasteiger partial charge is 0.228 e. The lowest BCUT2D eigenvalue weighted by Gasteiger charge is -2.35. The van der Waals surface area contributed by atoms with Crippen LogP contribution >= 0.6 is 0 Å². The number of ether oxygens (including phenoxy) is 1. The summed E-state index contributed by atoms with van der Waals surface area (Å²) < 4.78 is 5.19. The molecule has 1 fully saturated rings. The monoisotopic (exact) mass is 341 g/mol. The molecule has 2 amide bonds. The number of nitrogens with one attached hydrogen (secondary N) is 1. The predicted octanol–water partition coefficient (Wildman–Crippen LogP) is 1.48. The van der Waals surface area contributed by atoms with Crippen LogP contribution in [-0.2, 0) is 22.4 Å². The van der Waals surface area contributed by atoms with E-state index in [1.807, 2.05) is 52.4 Å². The Bertz CT molecular complexity index is 719. The van der Waals surface area contributed by atoms with Crippen LogP contribution in [0.2, 0.25) is 0 Å². The number of hydrogen-bond acceptors (Lipinski definition) is 3. The molecule has 2 aromatic rings. The van der Waals surface area contributed by atoms with Gasteiger partial charge in [-0.2, -0.15) is 0 Å². The molecular weight excluding hydrogens is 318 g/mol. The molecule has 1 aromatic heterocycles. The van der Waals surface area contributed by atoms with Crippen molar-refractivity contribution < 1.29 is 14.3 Å². The van der Waals surface area contributed by atoms with Crippen molar-refractivity contribution in [2.24, 2.45) is 0 Å². The first-order chi connectivity index (χ1) is 12.2. The minimum Gasteiger partial charge on any atom is -0.497 e. The van der Waals surface area contributed by atoms with Gasteiger partial charge in [-0.05, 0) is 29.8 Å². The molecule has 0 saturated carbocycles. The first kappa shape index (κ1) is 17.1. The van der Waals surface area contributed by atoms with Gasteiger partial charge in [-0.1, -0.05) is 12.1 Å². The minimum absolute atomic E-state index is 0.0877. The number of piperazine rings is 1. The minimum atomic E-state index is 0.0877. The molecule has 3 rings (SSSR count). The van der Waals surface area contributed by atoms with Gasteiger partial charge in [0, 0.05) is 38.1 Å². The van der Waals surface area contributed by atoms with Crippen LogP contribution in [0.4, 0.5) is 0 Å². The number of H-pyrrole nitrogens is 1. The Morgan fingerprint density at radius 2 is 1.68 bits per heavy atom. The molecule has 0 spiro atoms. The molecule has 25 heavy (non-hydrogen) atoms. The number of aromatic nitrogens is 1. The maximum Gasteiger partial charge on any atom is 0.228 e. The summed E-state index contributed by atoms with van der Waals surface area (Å²) in [4.78, 5) is 31.5. The van der Waals surface area contributed by atoms with E-state index in [2.05, 4.69) is 4.98 Å². The van der Waals surface area contributed by atoms with Crippen molar-refractivity contribution >= 4 is 11.8 Å². The maximum atomic E-state index is 12.5. The Morgan fingerprint density at radius 1 is 1.00 bits per heavy atom. The average Bonchev–Trinajstić information content (AvgIpc) is 3.15. The number of nitrogens with zero attached hydrogens (tertiary/aromatic N) is 2. The molecule has 0 radical (unpaired) electrons. The Labute approximate surface area is 147 Å². The lowest BCUT2D eigenvalue weighted by Crippen LogP contribution is -2.51. The third-order valence-electron chi connectivity index (χ3n) is 4.48. The summed E-state index contributed by atoms with van der Waals surface area (Å²) in [5, 5.41) is 0. The van der Waals surface area contributed by atoms with E-state index in [0.717, 1.165) is 17.0 Å². The quantitative estimate of drug-likeness (QED) is 0.896. The summed E-state index contributed by atoms with van der Waals surface area (Å²) in [5.74, 6) is 0.942. The second kappa shape index (κ2) is 7.88. The molecule has 1 saturated heterocycles. The van der Waals surface area contributed by atoms with Gasteiger partial charge in [-0.3, -0.25) is 9.59 Å². The van der Waals surface area contributed by atoms with Crippen molar-refractivity contribution in [3.05, 3.63) is 53.9 Å². The molecule has 1 aliphatic rings. The van der Waals surface area contributed by atoms with Crippen molar-refractivity contribution in [1.82, 2.24) is 14.8 Å². The van der Waals surface area contributed by atoms with Gasteiger partial charge in [0.2, 0.25) is 11.8 Å². The number of benzene rings is 1. The molecule has 6 heteroatoms. The number of carbonyl (C=O) groups excluding carboxylic acids is 2. The van der Waals surface area contributed by atoms with Crippen molar-refractivity contribution in [3.63, 3.8) is 0 Å². The fraction of sp³-hybridized carbons (Fsp3) is 0.368. The van der Waals surface area contributed by atoms with Gasteiger partial charge in [-0.25, -0.2) is 0 Å². The molecule has 0 atom stereocenters. The zero-order chi connectivity index (χ0) is 17.6. The molecule has 2 heterocycles. The number of amides is 2. The summed E-state index contributed by atoms with van der Waals surface area (Å²) in [6.07, 6.45) is 2.55. The molecular formula is C19H23N3O3. The van der Waals surface area contributed by atoms with E-state index in [4.69, 9.17) is 4.74 Å². The lowest BCUT2D eigenvalue weighted by molar-refractivity contribution is -0.138. The van der Waals surface area contributed by atoms with E-state index in [9.17, 15) is 9.59 Å². The highest BCUT2D eigenvalue weighted by molar-refractivity contribution is 5.81. The van der Waals surface area contributed by atoms with E-state index in [-0.39, 0.29) is 11.8 Å². The van der Waals surface area contributed by atoms with Crippen LogP contribution in [0, 0.1) is 0 Å². The Kier molecular flexibility index (Phi) is 5.38. The number of methoxy groups -OCH3 is 1. The Balaban J connectivity index is 1.49. The SMILES string of the molecule is COc1cccc(CC(=O)N2CCN(C(=O)Cc3ccc[nH]3)CC2)c1. The number of aromatic amines is 1. The van der Waals surface area contributed by atoms with Crippen LogP contribution in [0.15, 0.2) is 42.6 Å². The zero-order valence-corrected chi connectivity index (χ0v) is 14.4. The van der Waals surface area contributed by atoms with Gasteiger partial charge in [0.1, 0.15) is 5.75 Å². The average molecular weight is 341 g/mol. The molecule has 0 unspecified atom stereocenters. The maximum absolute atomic E-state index is 12.5. The van der Waals surface area contributed by atoms with Gasteiger partial charge in [-0.15, -0.1) is 0 Å². The standard InChI is InChI=1S/C19H23N3O3/c1-25-17-6-2-4-15(12-17)13-18(23)21-8-10-22(11-9-21)19(24)14-16-5-3-7-20-16/h2-7,12,20H,8-11,13-14H2,1H3. The van der Waals surface area contributed by atoms with E-state index in [1.165, 1.54) is 0 Å². The third-order valence-corrected chi connectivity index (χ3v) is 4.48. The fourth-order valence-corrected chi connectivity index (χ4v) is 3.03. The first-order valence-electron chi connectivity index (χ1n) is 8.46. The van der Waals surface area contributed by atoms with Crippen LogP contribution in [0.3, 0.4) is 0 Å². The molecule has 132 valence electrons. The molecule has 0 bridgehead atoms. The van der Waals surface area contributed by atoms with Gasteiger partial charge >= 0.3 is 0 Å². The van der Waals surface area contributed by atoms with E-state index in [0.29, 0.717) is 39.0 Å². The summed E-state index contributed by atoms with van der Waals surface area (Å²) in [7, 11) is 1.62. The van der Waals surface area contributed by atoms with Gasteiger partial charge < -0.3 is 19.5 Å². The van der Waals surface area contributed by atoms with Gasteiger partial charge in [0.25, 0.3) is 0 Å². The fourth-order valence-electron chi connectivity index (χ4n) is 3.03. The van der Waals surface area contributed by atoms with E-state index < -0.39 is 0 Å². The lowest BCUT2D eigenvalue weighted by atomic mass is 10.1. The van der Waals surface area contributed by atoms with E-state index >= 15 is 0 Å². The van der Waals surface area contributed by atoms with Crippen molar-refractivity contribution in [2.45, 2.75) is 12.8 Å². The summed E-state index contributed by atoms with van der Waals surface area (Å²) >= 11 is 0. The molecule has 1 N–H and O–H groups in total. The van der Waals surface area contributed by atoms with Gasteiger partial charge in [0.15, 0.2) is 0 Å². The number of carbonyl (C=O) groups is 2. The van der Waals surface area contributed by atoms with Crippen LogP contribution < -0.4 is 4.74 Å². The molecule has 1 aliphatic heterocycles. The van der Waals surface area contributed by atoms with Crippen LogP contribution in [0.25, 0.3) is 0 Å². The Morgan fingerprint density at radius 3 is 2.28 bits per heavy atom. The number of rotatable bonds is 5. The van der Waals surface area contributed by atoms with Crippen LogP contribution in [0.5, 0.6) is 5.75 Å². The molecule has 1 aromatic carbocycles.